The summed E-state index contributed by atoms with van der Waals surface area (Å²) in [4.78, 5) is 13.3. The molecule has 0 aromatic rings. The van der Waals surface area contributed by atoms with Gasteiger partial charge in [-0.1, -0.05) is 6.08 Å². The number of hydrogen-bond donors (Lipinski definition) is 1. The summed E-state index contributed by atoms with van der Waals surface area (Å²) >= 11 is 0. The minimum atomic E-state index is -0.0132. The predicted molar refractivity (Wildman–Crippen MR) is 57.2 cm³/mol. The van der Waals surface area contributed by atoms with Gasteiger partial charge in [0.2, 0.25) is 5.91 Å². The summed E-state index contributed by atoms with van der Waals surface area (Å²) < 4.78 is 5.22. The number of nitrogens with one attached hydrogen (secondary N) is 1. The summed E-state index contributed by atoms with van der Waals surface area (Å²) in [6, 6.07) is 0. The van der Waals surface area contributed by atoms with E-state index in [2.05, 4.69) is 10.2 Å². The monoisotopic (exact) mass is 200 g/mol. The van der Waals surface area contributed by atoms with Crippen LogP contribution in [0.15, 0.2) is 12.2 Å². The van der Waals surface area contributed by atoms with E-state index in [0.29, 0.717) is 6.54 Å². The van der Waals surface area contributed by atoms with Crippen LogP contribution in [0, 0.1) is 0 Å². The van der Waals surface area contributed by atoms with Gasteiger partial charge in [-0.3, -0.25) is 9.69 Å². The van der Waals surface area contributed by atoms with E-state index in [1.807, 2.05) is 13.0 Å². The Hall–Kier alpha value is -0.870. The van der Waals surface area contributed by atoms with E-state index in [-0.39, 0.29) is 7.33 Å². The molecule has 1 N–H and O–H groups in total. The summed E-state index contributed by atoms with van der Waals surface area (Å²) in [7, 11) is 0. The largest absolute Gasteiger partial charge is 0.379 e. The first-order valence-corrected chi connectivity index (χ1v) is 5.07. The second-order valence-electron chi connectivity index (χ2n) is 3.21. The van der Waals surface area contributed by atoms with Gasteiger partial charge < -0.3 is 10.1 Å². The lowest BCUT2D eigenvalue weighted by atomic mass is 10.4. The van der Waals surface area contributed by atoms with Crippen LogP contribution in [0.4, 0.5) is 0 Å². The Kier molecular flexibility index (Phi) is 5.25. The molecule has 1 amide bonds. The third kappa shape index (κ3) is 4.39. The number of morpholine rings is 1. The maximum Gasteiger partial charge on any atom is 0.243 e. The molecule has 82 valence electrons. The van der Waals surface area contributed by atoms with Crippen molar-refractivity contribution in [2.45, 2.75) is 6.92 Å². The quantitative estimate of drug-likeness (QED) is 0.662. The number of rotatable bonds is 4. The van der Waals surface area contributed by atoms with E-state index in [0.717, 1.165) is 32.8 Å². The topological polar surface area (TPSA) is 41.6 Å². The zero-order valence-corrected chi connectivity index (χ0v) is 8.66. The van der Waals surface area contributed by atoms with Crippen LogP contribution in [0.5, 0.6) is 0 Å². The van der Waals surface area contributed by atoms with Crippen molar-refractivity contribution in [3.05, 3.63) is 12.2 Å². The van der Waals surface area contributed by atoms with E-state index in [1.54, 1.807) is 6.08 Å². The van der Waals surface area contributed by atoms with E-state index in [1.165, 1.54) is 0 Å². The highest BCUT2D eigenvalue weighted by Crippen LogP contribution is 1.95. The molecular formula is C10H20N2O2. The Balaban J connectivity index is 0.00000196. The van der Waals surface area contributed by atoms with Gasteiger partial charge in [-0.25, -0.2) is 0 Å². The van der Waals surface area contributed by atoms with Crippen LogP contribution in [-0.2, 0) is 9.53 Å². The summed E-state index contributed by atoms with van der Waals surface area (Å²) in [6.45, 7) is 6.94. The molecule has 4 nitrogen and oxygen atoms in total. The number of carbonyl (C=O) groups excluding carboxylic acids is 1. The molecule has 0 atom stereocenters. The molecule has 1 saturated heterocycles. The molecular weight excluding hydrogens is 180 g/mol. The van der Waals surface area contributed by atoms with Gasteiger partial charge >= 0.3 is 0 Å². The van der Waals surface area contributed by atoms with Gasteiger partial charge in [0, 0.05) is 33.7 Å². The lowest BCUT2D eigenvalue weighted by Crippen LogP contribution is -2.36. The Labute approximate surface area is 86.4 Å². The van der Waals surface area contributed by atoms with Gasteiger partial charge in [0.1, 0.15) is 0 Å². The Morgan fingerprint density at radius 3 is 2.93 bits per heavy atom. The summed E-state index contributed by atoms with van der Waals surface area (Å²) in [6.07, 6.45) is 3.50. The Bertz CT molecular complexity index is 204. The van der Waals surface area contributed by atoms with Crippen LogP contribution in [0.3, 0.4) is 0 Å². The van der Waals surface area contributed by atoms with Crippen molar-refractivity contribution in [1.29, 1.82) is 0 Å². The number of ether oxygens (including phenoxy) is 1. The molecule has 4 heteroatoms. The van der Waals surface area contributed by atoms with Crippen LogP contribution in [0.2, 0.25) is 0 Å². The van der Waals surface area contributed by atoms with Crippen molar-refractivity contribution >= 4 is 5.91 Å². The molecule has 0 saturated carbocycles. The fourth-order valence-corrected chi connectivity index (χ4v) is 1.33. The van der Waals surface area contributed by atoms with E-state index < -0.39 is 0 Å². The average Bonchev–Trinajstić information content (AvgIpc) is 2.20. The average molecular weight is 200 g/mol. The maximum atomic E-state index is 11.0. The summed E-state index contributed by atoms with van der Waals surface area (Å²) in [5.74, 6) is -0.0132. The van der Waals surface area contributed by atoms with Gasteiger partial charge in [-0.05, 0) is 6.92 Å². The molecule has 14 heavy (non-hydrogen) atoms. The van der Waals surface area contributed by atoms with Crippen molar-refractivity contribution in [1.82, 2.24) is 10.2 Å². The number of likely N-dealkylation sites (N-methyl/N-ethyl adjacent to an activating group) is 1. The third-order valence-electron chi connectivity index (χ3n) is 2.09. The van der Waals surface area contributed by atoms with Crippen LogP contribution < -0.4 is 5.32 Å². The fraction of sp³-hybridized carbons (Fsp3) is 0.700. The van der Waals surface area contributed by atoms with Crippen molar-refractivity contribution < 1.29 is 11.0 Å². The molecule has 0 spiro atoms. The second kappa shape index (κ2) is 6.56. The first-order valence-electron chi connectivity index (χ1n) is 5.07. The van der Waals surface area contributed by atoms with E-state index in [9.17, 15) is 4.79 Å². The Morgan fingerprint density at radius 1 is 1.57 bits per heavy atom. The number of hydrogen-bond acceptors (Lipinski definition) is 3. The first kappa shape index (κ1) is 11.2. The van der Waals surface area contributed by atoms with Crippen LogP contribution in [-0.4, -0.2) is 50.2 Å². The number of nitrogens with zero attached hydrogens (tertiary/aromatic N) is 1. The molecule has 0 radical (unpaired) electrons. The molecule has 1 heterocycles. The van der Waals surface area contributed by atoms with E-state index in [4.69, 9.17) is 4.74 Å². The number of amides is 1. The zero-order valence-electron chi connectivity index (χ0n) is 8.66. The second-order valence-corrected chi connectivity index (χ2v) is 3.21. The van der Waals surface area contributed by atoms with Gasteiger partial charge in [-0.15, -0.1) is 0 Å². The van der Waals surface area contributed by atoms with Crippen molar-refractivity contribution in [2.75, 3.05) is 39.4 Å². The molecule has 0 unspecified atom stereocenters. The van der Waals surface area contributed by atoms with Crippen molar-refractivity contribution in [2.24, 2.45) is 0 Å². The molecule has 1 aliphatic rings. The molecule has 0 aliphatic carbocycles. The Morgan fingerprint density at radius 2 is 2.29 bits per heavy atom. The zero-order chi connectivity index (χ0) is 10.2. The fourth-order valence-electron chi connectivity index (χ4n) is 1.33. The first-order chi connectivity index (χ1) is 6.83. The molecule has 1 aliphatic heterocycles. The van der Waals surface area contributed by atoms with Crippen molar-refractivity contribution in [3.8, 4) is 0 Å². The lowest BCUT2D eigenvalue weighted by molar-refractivity contribution is -0.116. The van der Waals surface area contributed by atoms with E-state index >= 15 is 0 Å². The lowest BCUT2D eigenvalue weighted by Gasteiger charge is -2.24. The standard InChI is InChI=1S/C10H18N2O2.H2/c1-2-11-10(13)4-3-5-12-6-8-14-9-7-12;/h3-4H,2,5-9H2,1H3,(H,11,13);1H/b4-3+;. The highest BCUT2D eigenvalue weighted by atomic mass is 16.5. The smallest absolute Gasteiger partial charge is 0.243 e. The van der Waals surface area contributed by atoms with Gasteiger partial charge in [-0.2, -0.15) is 0 Å². The summed E-state index contributed by atoms with van der Waals surface area (Å²) in [5.41, 5.74) is 0. The minimum Gasteiger partial charge on any atom is -0.379 e. The molecule has 0 aromatic carbocycles. The molecule has 1 fully saturated rings. The third-order valence-corrected chi connectivity index (χ3v) is 2.09. The van der Waals surface area contributed by atoms with Crippen LogP contribution >= 0.6 is 0 Å². The van der Waals surface area contributed by atoms with Crippen molar-refractivity contribution in [3.63, 3.8) is 0 Å². The van der Waals surface area contributed by atoms with Gasteiger partial charge in [0.25, 0.3) is 0 Å². The SMILES string of the molecule is CCNC(=O)/C=C/CN1CCOCC1.[HH]. The maximum absolute atomic E-state index is 11.0. The van der Waals surface area contributed by atoms with Gasteiger partial charge in [0.05, 0.1) is 13.2 Å². The normalized spacial score (nSPS) is 18.6. The highest BCUT2D eigenvalue weighted by Gasteiger charge is 2.07. The minimum absolute atomic E-state index is 0. The number of carbonyl (C=O) groups is 1. The summed E-state index contributed by atoms with van der Waals surface area (Å²) in [5, 5.41) is 2.71. The predicted octanol–water partition coefficient (Wildman–Crippen LogP) is 0.257. The van der Waals surface area contributed by atoms with Crippen LogP contribution in [0.1, 0.15) is 8.35 Å². The highest BCUT2D eigenvalue weighted by molar-refractivity contribution is 5.87. The van der Waals surface area contributed by atoms with Crippen LogP contribution in [0.25, 0.3) is 0 Å². The molecule has 0 aromatic heterocycles. The molecule has 1 rings (SSSR count). The van der Waals surface area contributed by atoms with Gasteiger partial charge in [0.15, 0.2) is 0 Å². The molecule has 0 bridgehead atoms.